The zero-order valence-corrected chi connectivity index (χ0v) is 14.8. The summed E-state index contributed by atoms with van der Waals surface area (Å²) in [6.45, 7) is 3.68. The molecule has 0 bridgehead atoms. The number of hydrogen-bond acceptors (Lipinski definition) is 4. The molecule has 0 aliphatic carbocycles. The van der Waals surface area contributed by atoms with Crippen LogP contribution in [0.3, 0.4) is 0 Å². The molecule has 1 amide bonds. The van der Waals surface area contributed by atoms with Crippen molar-refractivity contribution in [2.75, 3.05) is 5.32 Å². The second-order valence-electron chi connectivity index (χ2n) is 6.40. The molecular formula is C21H21N3O2. The van der Waals surface area contributed by atoms with E-state index in [-0.39, 0.29) is 17.6 Å². The van der Waals surface area contributed by atoms with Crippen LogP contribution in [-0.4, -0.2) is 21.0 Å². The molecule has 132 valence electrons. The van der Waals surface area contributed by atoms with Gasteiger partial charge in [-0.15, -0.1) is 0 Å². The molecule has 0 saturated carbocycles. The number of hydrogen-bond donors (Lipinski definition) is 2. The quantitative estimate of drug-likeness (QED) is 0.730. The Kier molecular flexibility index (Phi) is 5.27. The van der Waals surface area contributed by atoms with Crippen molar-refractivity contribution in [2.24, 2.45) is 5.92 Å². The Morgan fingerprint density at radius 3 is 2.42 bits per heavy atom. The van der Waals surface area contributed by atoms with Crippen LogP contribution in [0.15, 0.2) is 60.8 Å². The van der Waals surface area contributed by atoms with E-state index in [4.69, 9.17) is 4.98 Å². The highest BCUT2D eigenvalue weighted by Crippen LogP contribution is 2.23. The molecule has 0 atom stereocenters. The lowest BCUT2D eigenvalue weighted by Crippen LogP contribution is -2.20. The molecule has 1 aromatic heterocycles. The van der Waals surface area contributed by atoms with Gasteiger partial charge in [-0.3, -0.25) is 4.79 Å². The second-order valence-corrected chi connectivity index (χ2v) is 6.40. The predicted octanol–water partition coefficient (Wildman–Crippen LogP) is 4.03. The largest absolute Gasteiger partial charge is 0.508 e. The molecule has 3 rings (SSSR count). The van der Waals surface area contributed by atoms with Crippen LogP contribution in [-0.2, 0) is 11.2 Å². The summed E-state index contributed by atoms with van der Waals surface area (Å²) in [6, 6.07) is 16.7. The maximum atomic E-state index is 12.1. The van der Waals surface area contributed by atoms with Gasteiger partial charge >= 0.3 is 0 Å². The maximum Gasteiger partial charge on any atom is 0.228 e. The summed E-state index contributed by atoms with van der Waals surface area (Å²) in [6.07, 6.45) is 2.20. The van der Waals surface area contributed by atoms with Gasteiger partial charge in [0.2, 0.25) is 5.91 Å². The van der Waals surface area contributed by atoms with Crippen LogP contribution in [0.1, 0.15) is 25.1 Å². The number of phenolic OH excluding ortho intramolecular Hbond substituents is 1. The minimum atomic E-state index is -0.141. The molecule has 0 fully saturated rings. The average molecular weight is 347 g/mol. The molecule has 0 saturated heterocycles. The summed E-state index contributed by atoms with van der Waals surface area (Å²) >= 11 is 0. The summed E-state index contributed by atoms with van der Waals surface area (Å²) < 4.78 is 0. The Balaban J connectivity index is 1.98. The van der Waals surface area contributed by atoms with Gasteiger partial charge in [-0.05, 0) is 29.8 Å². The number of phenols is 1. The smallest absolute Gasteiger partial charge is 0.228 e. The summed E-state index contributed by atoms with van der Waals surface area (Å²) in [5.74, 6) is 0.450. The van der Waals surface area contributed by atoms with E-state index in [2.05, 4.69) is 10.3 Å². The Bertz CT molecular complexity index is 891. The fourth-order valence-corrected chi connectivity index (χ4v) is 2.48. The van der Waals surface area contributed by atoms with Crippen LogP contribution in [0.5, 0.6) is 5.75 Å². The molecule has 2 N–H and O–H groups in total. The number of nitrogens with zero attached hydrogens (tertiary/aromatic N) is 2. The maximum absolute atomic E-state index is 12.1. The Morgan fingerprint density at radius 2 is 1.77 bits per heavy atom. The monoisotopic (exact) mass is 347 g/mol. The van der Waals surface area contributed by atoms with Gasteiger partial charge in [0.1, 0.15) is 5.75 Å². The standard InChI is InChI=1S/C21H21N3O2/c1-14(2)21(26)24-20-18(12-15-6-4-3-5-7-15)23-19(13-22-20)16-8-10-17(25)11-9-16/h3-11,13-14,25H,12H2,1-2H3,(H,22,24,26). The topological polar surface area (TPSA) is 75.1 Å². The van der Waals surface area contributed by atoms with Crippen molar-refractivity contribution in [1.29, 1.82) is 0 Å². The van der Waals surface area contributed by atoms with Gasteiger partial charge in [-0.25, -0.2) is 9.97 Å². The van der Waals surface area contributed by atoms with E-state index in [1.807, 2.05) is 44.2 Å². The van der Waals surface area contributed by atoms with Crippen molar-refractivity contribution in [3.63, 3.8) is 0 Å². The molecule has 5 nitrogen and oxygen atoms in total. The van der Waals surface area contributed by atoms with Crippen LogP contribution in [0.2, 0.25) is 0 Å². The SMILES string of the molecule is CC(C)C(=O)Nc1ncc(-c2ccc(O)cc2)nc1Cc1ccccc1. The first-order chi connectivity index (χ1) is 12.5. The lowest BCUT2D eigenvalue weighted by molar-refractivity contribution is -0.118. The first kappa shape index (κ1) is 17.6. The third-order valence-corrected chi connectivity index (χ3v) is 3.99. The molecule has 0 aliphatic rings. The van der Waals surface area contributed by atoms with Crippen LogP contribution in [0, 0.1) is 5.92 Å². The van der Waals surface area contributed by atoms with E-state index >= 15 is 0 Å². The van der Waals surface area contributed by atoms with Crippen molar-refractivity contribution in [3.05, 3.63) is 72.1 Å². The molecule has 1 heterocycles. The summed E-state index contributed by atoms with van der Waals surface area (Å²) in [5, 5.41) is 12.3. The van der Waals surface area contributed by atoms with Crippen molar-refractivity contribution < 1.29 is 9.90 Å². The van der Waals surface area contributed by atoms with E-state index in [1.165, 1.54) is 0 Å². The molecule has 2 aromatic carbocycles. The van der Waals surface area contributed by atoms with Crippen molar-refractivity contribution in [2.45, 2.75) is 20.3 Å². The lowest BCUT2D eigenvalue weighted by Gasteiger charge is -2.13. The number of benzene rings is 2. The molecule has 26 heavy (non-hydrogen) atoms. The normalized spacial score (nSPS) is 10.7. The van der Waals surface area contributed by atoms with Crippen molar-refractivity contribution in [3.8, 4) is 17.0 Å². The molecular weight excluding hydrogens is 326 g/mol. The second kappa shape index (κ2) is 7.78. The number of aromatic hydroxyl groups is 1. The van der Waals surface area contributed by atoms with E-state index < -0.39 is 0 Å². The van der Waals surface area contributed by atoms with Gasteiger partial charge < -0.3 is 10.4 Å². The highest BCUT2D eigenvalue weighted by atomic mass is 16.3. The number of aromatic nitrogens is 2. The van der Waals surface area contributed by atoms with Gasteiger partial charge in [-0.1, -0.05) is 44.2 Å². The summed E-state index contributed by atoms with van der Waals surface area (Å²) in [7, 11) is 0. The fourth-order valence-electron chi connectivity index (χ4n) is 2.48. The summed E-state index contributed by atoms with van der Waals surface area (Å²) in [4.78, 5) is 21.3. The van der Waals surface area contributed by atoms with Crippen LogP contribution >= 0.6 is 0 Å². The highest BCUT2D eigenvalue weighted by molar-refractivity contribution is 5.91. The van der Waals surface area contributed by atoms with E-state index in [0.717, 1.165) is 11.1 Å². The Labute approximate surface area is 152 Å². The lowest BCUT2D eigenvalue weighted by atomic mass is 10.1. The number of carbonyl (C=O) groups excluding carboxylic acids is 1. The highest BCUT2D eigenvalue weighted by Gasteiger charge is 2.14. The number of anilines is 1. The third kappa shape index (κ3) is 4.25. The van der Waals surface area contributed by atoms with Crippen molar-refractivity contribution in [1.82, 2.24) is 9.97 Å². The average Bonchev–Trinajstić information content (AvgIpc) is 2.64. The van der Waals surface area contributed by atoms with Gasteiger partial charge in [0.05, 0.1) is 17.6 Å². The Hall–Kier alpha value is -3.21. The van der Waals surface area contributed by atoms with Gasteiger partial charge in [0, 0.05) is 17.9 Å². The van der Waals surface area contributed by atoms with Crippen LogP contribution < -0.4 is 5.32 Å². The van der Waals surface area contributed by atoms with E-state index in [1.54, 1.807) is 30.5 Å². The van der Waals surface area contributed by atoms with E-state index in [9.17, 15) is 9.90 Å². The Morgan fingerprint density at radius 1 is 1.08 bits per heavy atom. The molecule has 5 heteroatoms. The number of nitrogens with one attached hydrogen (secondary N) is 1. The van der Waals surface area contributed by atoms with Gasteiger partial charge in [-0.2, -0.15) is 0 Å². The first-order valence-corrected chi connectivity index (χ1v) is 8.53. The van der Waals surface area contributed by atoms with Gasteiger partial charge in [0.25, 0.3) is 0 Å². The molecule has 0 aliphatic heterocycles. The van der Waals surface area contributed by atoms with Gasteiger partial charge in [0.15, 0.2) is 5.82 Å². The van der Waals surface area contributed by atoms with E-state index in [0.29, 0.717) is 23.6 Å². The van der Waals surface area contributed by atoms with Crippen LogP contribution in [0.4, 0.5) is 5.82 Å². The zero-order chi connectivity index (χ0) is 18.5. The predicted molar refractivity (Wildman–Crippen MR) is 102 cm³/mol. The number of carbonyl (C=O) groups is 1. The zero-order valence-electron chi connectivity index (χ0n) is 14.8. The first-order valence-electron chi connectivity index (χ1n) is 8.53. The fraction of sp³-hybridized carbons (Fsp3) is 0.190. The van der Waals surface area contributed by atoms with Crippen molar-refractivity contribution >= 4 is 11.7 Å². The molecule has 0 spiro atoms. The number of rotatable bonds is 5. The third-order valence-electron chi connectivity index (χ3n) is 3.99. The summed E-state index contributed by atoms with van der Waals surface area (Å²) in [5.41, 5.74) is 3.34. The molecule has 3 aromatic rings. The minimum Gasteiger partial charge on any atom is -0.508 e. The minimum absolute atomic E-state index is 0.0917. The van der Waals surface area contributed by atoms with Crippen LogP contribution in [0.25, 0.3) is 11.3 Å². The molecule has 0 unspecified atom stereocenters. The number of amides is 1. The molecule has 0 radical (unpaired) electrons.